The van der Waals surface area contributed by atoms with E-state index in [2.05, 4.69) is 28.9 Å². The number of nitrogen functional groups attached to an aromatic ring is 1. The van der Waals surface area contributed by atoms with E-state index < -0.39 is 0 Å². The van der Waals surface area contributed by atoms with Gasteiger partial charge in [-0.05, 0) is 46.6 Å². The van der Waals surface area contributed by atoms with Crippen molar-refractivity contribution in [2.75, 3.05) is 5.73 Å². The molecule has 0 bridgehead atoms. The van der Waals surface area contributed by atoms with Gasteiger partial charge in [-0.2, -0.15) is 0 Å². The van der Waals surface area contributed by atoms with Crippen LogP contribution in [-0.4, -0.2) is 0 Å². The maximum absolute atomic E-state index is 5.64. The van der Waals surface area contributed by atoms with Crippen LogP contribution in [0.5, 0.6) is 0 Å². The van der Waals surface area contributed by atoms with E-state index in [-0.39, 0.29) is 0 Å². The molecule has 0 amide bonds. The van der Waals surface area contributed by atoms with Crippen molar-refractivity contribution in [3.8, 4) is 10.4 Å². The molecule has 0 aliphatic heterocycles. The van der Waals surface area contributed by atoms with E-state index >= 15 is 0 Å². The normalized spacial score (nSPS) is 10.4. The second-order valence-electron chi connectivity index (χ2n) is 3.16. The van der Waals surface area contributed by atoms with Crippen molar-refractivity contribution in [1.82, 2.24) is 0 Å². The number of nitrogens with two attached hydrogens (primary N) is 1. The van der Waals surface area contributed by atoms with Gasteiger partial charge in [-0.25, -0.2) is 0 Å². The maximum Gasteiger partial charge on any atom is 0.0487 e. The summed E-state index contributed by atoms with van der Waals surface area (Å²) >= 11 is 5.34. The topological polar surface area (TPSA) is 26.0 Å². The number of thiophene rings is 1. The molecule has 72 valence electrons. The summed E-state index contributed by atoms with van der Waals surface area (Å²) in [7, 11) is 0. The molecule has 0 fully saturated rings. The third-order valence-corrected chi connectivity index (χ3v) is 3.97. The Morgan fingerprint density at radius 2 is 1.86 bits per heavy atom. The lowest BCUT2D eigenvalue weighted by Crippen LogP contribution is -1.82. The Hall–Kier alpha value is -0.800. The van der Waals surface area contributed by atoms with Crippen LogP contribution in [0.1, 0.15) is 4.88 Å². The predicted molar refractivity (Wildman–Crippen MR) is 66.6 cm³/mol. The molecule has 0 saturated carbocycles. The van der Waals surface area contributed by atoms with E-state index in [0.29, 0.717) is 0 Å². The van der Waals surface area contributed by atoms with E-state index in [1.807, 2.05) is 24.3 Å². The first kappa shape index (κ1) is 9.74. The fourth-order valence-corrected chi connectivity index (χ4v) is 3.19. The summed E-state index contributed by atoms with van der Waals surface area (Å²) in [5.41, 5.74) is 7.66. The van der Waals surface area contributed by atoms with Crippen LogP contribution in [0.4, 0.5) is 5.69 Å². The maximum atomic E-state index is 5.64. The lowest BCUT2D eigenvalue weighted by molar-refractivity contribution is 1.62. The van der Waals surface area contributed by atoms with Gasteiger partial charge >= 0.3 is 0 Å². The molecule has 0 atom stereocenters. The molecule has 2 aromatic rings. The third-order valence-electron chi connectivity index (χ3n) is 1.98. The summed E-state index contributed by atoms with van der Waals surface area (Å²) in [5.74, 6) is 0. The van der Waals surface area contributed by atoms with Crippen molar-refractivity contribution in [2.24, 2.45) is 0 Å². The Kier molecular flexibility index (Phi) is 2.61. The number of hydrogen-bond acceptors (Lipinski definition) is 2. The zero-order valence-electron chi connectivity index (χ0n) is 7.75. The van der Waals surface area contributed by atoms with E-state index in [4.69, 9.17) is 5.73 Å². The van der Waals surface area contributed by atoms with Crippen molar-refractivity contribution in [2.45, 2.75) is 6.92 Å². The molecule has 1 nitrogen and oxygen atoms in total. The van der Waals surface area contributed by atoms with Crippen LogP contribution < -0.4 is 5.73 Å². The standard InChI is InChI=1S/C11H10BrNS/c1-7-6-10(12)11(14-7)8-2-4-9(13)5-3-8/h2-6H,13H2,1H3. The molecule has 0 saturated heterocycles. The quantitative estimate of drug-likeness (QED) is 0.775. The zero-order valence-corrected chi connectivity index (χ0v) is 10.2. The first-order chi connectivity index (χ1) is 6.66. The second kappa shape index (κ2) is 3.75. The van der Waals surface area contributed by atoms with E-state index in [9.17, 15) is 0 Å². The van der Waals surface area contributed by atoms with Gasteiger partial charge in [0.15, 0.2) is 0 Å². The van der Waals surface area contributed by atoms with Crippen LogP contribution in [0.15, 0.2) is 34.8 Å². The molecule has 0 unspecified atom stereocenters. The fraction of sp³-hybridized carbons (Fsp3) is 0.0909. The van der Waals surface area contributed by atoms with Crippen LogP contribution in [0.3, 0.4) is 0 Å². The van der Waals surface area contributed by atoms with Crippen LogP contribution >= 0.6 is 27.3 Å². The summed E-state index contributed by atoms with van der Waals surface area (Å²) in [4.78, 5) is 2.58. The van der Waals surface area contributed by atoms with Crippen molar-refractivity contribution in [3.63, 3.8) is 0 Å². The highest BCUT2D eigenvalue weighted by atomic mass is 79.9. The number of aryl methyl sites for hydroxylation is 1. The summed E-state index contributed by atoms with van der Waals surface area (Å²) in [5, 5.41) is 0. The van der Waals surface area contributed by atoms with Gasteiger partial charge in [0.1, 0.15) is 0 Å². The second-order valence-corrected chi connectivity index (χ2v) is 5.27. The Labute approximate surface area is 95.7 Å². The molecule has 2 N–H and O–H groups in total. The van der Waals surface area contributed by atoms with Gasteiger partial charge < -0.3 is 5.73 Å². The molecule has 3 heteroatoms. The lowest BCUT2D eigenvalue weighted by atomic mass is 10.2. The number of hydrogen-bond donors (Lipinski definition) is 1. The Bertz CT molecular complexity index is 445. The summed E-state index contributed by atoms with van der Waals surface area (Å²) in [6.07, 6.45) is 0. The monoisotopic (exact) mass is 267 g/mol. The first-order valence-corrected chi connectivity index (χ1v) is 5.89. The lowest BCUT2D eigenvalue weighted by Gasteiger charge is -1.99. The van der Waals surface area contributed by atoms with Crippen molar-refractivity contribution >= 4 is 33.0 Å². The fourth-order valence-electron chi connectivity index (χ4n) is 1.31. The van der Waals surface area contributed by atoms with Crippen molar-refractivity contribution < 1.29 is 0 Å². The van der Waals surface area contributed by atoms with Gasteiger partial charge in [-0.3, -0.25) is 0 Å². The zero-order chi connectivity index (χ0) is 10.1. The Morgan fingerprint density at radius 1 is 1.21 bits per heavy atom. The molecule has 0 aliphatic rings. The molecule has 1 aromatic carbocycles. The van der Waals surface area contributed by atoms with Gasteiger partial charge in [-0.15, -0.1) is 11.3 Å². The Morgan fingerprint density at radius 3 is 2.36 bits per heavy atom. The highest BCUT2D eigenvalue weighted by Gasteiger charge is 2.06. The van der Waals surface area contributed by atoms with Gasteiger partial charge in [0.05, 0.1) is 0 Å². The highest BCUT2D eigenvalue weighted by molar-refractivity contribution is 9.10. The molecule has 0 radical (unpaired) electrons. The van der Waals surface area contributed by atoms with Crippen LogP contribution in [0, 0.1) is 6.92 Å². The highest BCUT2D eigenvalue weighted by Crippen LogP contribution is 2.36. The average molecular weight is 268 g/mol. The first-order valence-electron chi connectivity index (χ1n) is 4.28. The number of rotatable bonds is 1. The minimum absolute atomic E-state index is 0.804. The average Bonchev–Trinajstić information content (AvgIpc) is 2.47. The largest absolute Gasteiger partial charge is 0.399 e. The molecular weight excluding hydrogens is 258 g/mol. The van der Waals surface area contributed by atoms with Crippen molar-refractivity contribution in [1.29, 1.82) is 0 Å². The van der Waals surface area contributed by atoms with Crippen LogP contribution in [-0.2, 0) is 0 Å². The van der Waals surface area contributed by atoms with Gasteiger partial charge in [0.25, 0.3) is 0 Å². The smallest absolute Gasteiger partial charge is 0.0487 e. The van der Waals surface area contributed by atoms with E-state index in [1.54, 1.807) is 11.3 Å². The van der Waals surface area contributed by atoms with Gasteiger partial charge in [-0.1, -0.05) is 12.1 Å². The van der Waals surface area contributed by atoms with Gasteiger partial charge in [0.2, 0.25) is 0 Å². The van der Waals surface area contributed by atoms with Crippen molar-refractivity contribution in [3.05, 3.63) is 39.7 Å². The molecule has 1 heterocycles. The number of halogens is 1. The third kappa shape index (κ3) is 1.83. The Balaban J connectivity index is 2.49. The molecule has 0 aliphatic carbocycles. The van der Waals surface area contributed by atoms with Gasteiger partial charge in [0, 0.05) is 19.9 Å². The SMILES string of the molecule is Cc1cc(Br)c(-c2ccc(N)cc2)s1. The van der Waals surface area contributed by atoms with E-state index in [1.165, 1.54) is 15.3 Å². The predicted octanol–water partition coefficient (Wildman–Crippen LogP) is 4.07. The van der Waals surface area contributed by atoms with Crippen LogP contribution in [0.25, 0.3) is 10.4 Å². The minimum atomic E-state index is 0.804. The molecule has 14 heavy (non-hydrogen) atoms. The summed E-state index contributed by atoms with van der Waals surface area (Å²) in [6, 6.07) is 10.1. The summed E-state index contributed by atoms with van der Waals surface area (Å²) < 4.78 is 1.16. The van der Waals surface area contributed by atoms with Crippen LogP contribution in [0.2, 0.25) is 0 Å². The molecular formula is C11H10BrNS. The minimum Gasteiger partial charge on any atom is -0.399 e. The molecule has 1 aromatic heterocycles. The summed E-state index contributed by atoms with van der Waals surface area (Å²) in [6.45, 7) is 2.11. The number of anilines is 1. The van der Waals surface area contributed by atoms with E-state index in [0.717, 1.165) is 10.2 Å². The molecule has 2 rings (SSSR count). The number of benzene rings is 1. The molecule has 0 spiro atoms.